The number of rotatable bonds is 4. The van der Waals surface area contributed by atoms with E-state index in [-0.39, 0.29) is 5.56 Å². The number of allylic oxidation sites excluding steroid dienone is 4. The predicted molar refractivity (Wildman–Crippen MR) is 111 cm³/mol. The molecule has 0 spiro atoms. The van der Waals surface area contributed by atoms with Gasteiger partial charge in [-0.2, -0.15) is 5.10 Å². The van der Waals surface area contributed by atoms with Crippen molar-refractivity contribution >= 4 is 5.97 Å². The van der Waals surface area contributed by atoms with E-state index in [0.29, 0.717) is 11.1 Å². The van der Waals surface area contributed by atoms with Gasteiger partial charge < -0.3 is 5.11 Å². The molecule has 0 saturated heterocycles. The van der Waals surface area contributed by atoms with Crippen LogP contribution in [0, 0.1) is 32.6 Å². The number of carbonyl (C=O) groups is 1. The maximum absolute atomic E-state index is 11.3. The van der Waals surface area contributed by atoms with Crippen molar-refractivity contribution in [3.63, 3.8) is 0 Å². The average Bonchev–Trinajstić information content (AvgIpc) is 2.93. The van der Waals surface area contributed by atoms with Crippen molar-refractivity contribution in [3.05, 3.63) is 83.2 Å². The predicted octanol–water partition coefficient (Wildman–Crippen LogP) is 5.17. The first-order chi connectivity index (χ1) is 12.9. The van der Waals surface area contributed by atoms with E-state index in [2.05, 4.69) is 30.1 Å². The van der Waals surface area contributed by atoms with Gasteiger partial charge in [0.05, 0.1) is 22.5 Å². The lowest BCUT2D eigenvalue weighted by Crippen LogP contribution is -2.05. The summed E-state index contributed by atoms with van der Waals surface area (Å²) >= 11 is 0. The van der Waals surface area contributed by atoms with Crippen LogP contribution in [0.1, 0.15) is 46.7 Å². The zero-order valence-electron chi connectivity index (χ0n) is 16.6. The van der Waals surface area contributed by atoms with Gasteiger partial charge in [0.25, 0.3) is 0 Å². The van der Waals surface area contributed by atoms with Crippen LogP contribution in [0.3, 0.4) is 0 Å². The quantitative estimate of drug-likeness (QED) is 0.603. The zero-order valence-corrected chi connectivity index (χ0v) is 16.6. The lowest BCUT2D eigenvalue weighted by molar-refractivity contribution is 0.0697. The molecule has 0 fully saturated rings. The number of carboxylic acids is 1. The molecular formula is C23H26N2O2. The third-order valence-electron chi connectivity index (χ3n) is 3.98. The van der Waals surface area contributed by atoms with Gasteiger partial charge in [0.1, 0.15) is 0 Å². The minimum Gasteiger partial charge on any atom is -0.478 e. The summed E-state index contributed by atoms with van der Waals surface area (Å²) in [4.78, 5) is 11.3. The smallest absolute Gasteiger partial charge is 0.335 e. The molecule has 0 bridgehead atoms. The second-order valence-corrected chi connectivity index (χ2v) is 5.56. The van der Waals surface area contributed by atoms with Gasteiger partial charge >= 0.3 is 5.97 Å². The van der Waals surface area contributed by atoms with Crippen LogP contribution >= 0.6 is 0 Å². The Kier molecular flexibility index (Phi) is 8.03. The monoisotopic (exact) mass is 362 g/mol. The highest BCUT2D eigenvalue weighted by Crippen LogP contribution is 2.21. The third kappa shape index (κ3) is 5.08. The van der Waals surface area contributed by atoms with Crippen LogP contribution in [-0.2, 0) is 0 Å². The van der Waals surface area contributed by atoms with Crippen molar-refractivity contribution in [2.45, 2.75) is 34.6 Å². The van der Waals surface area contributed by atoms with Crippen LogP contribution < -0.4 is 0 Å². The molecule has 2 aromatic rings. The van der Waals surface area contributed by atoms with E-state index in [4.69, 9.17) is 0 Å². The standard InChI is InChI=1S/C21H20N2O2.C2H6/c1-6-8-17(7-2)9-10-18-13-19(21(24)25)11-12-20(18)23-16(5)14(3)15(4)22-23;1-2/h6-8,11-13H,1-2H2,3-5H3,(H,24,25);1-2H3/b17-8+;. The molecule has 1 heterocycles. The first-order valence-corrected chi connectivity index (χ1v) is 8.76. The molecule has 1 aromatic heterocycles. The Morgan fingerprint density at radius 2 is 1.89 bits per heavy atom. The number of carboxylic acid groups (broad SMARTS) is 1. The van der Waals surface area contributed by atoms with Crippen molar-refractivity contribution in [2.24, 2.45) is 0 Å². The number of nitrogens with zero attached hydrogens (tertiary/aromatic N) is 2. The Hall–Kier alpha value is -3.32. The Labute approximate surface area is 161 Å². The fourth-order valence-electron chi connectivity index (χ4n) is 2.34. The Morgan fingerprint density at radius 3 is 2.37 bits per heavy atom. The molecule has 2 rings (SSSR count). The number of hydrogen-bond donors (Lipinski definition) is 1. The van der Waals surface area contributed by atoms with E-state index < -0.39 is 5.97 Å². The lowest BCUT2D eigenvalue weighted by Gasteiger charge is -2.09. The molecule has 4 heteroatoms. The molecule has 0 atom stereocenters. The van der Waals surface area contributed by atoms with E-state index in [1.54, 1.807) is 41.1 Å². The molecule has 0 amide bonds. The summed E-state index contributed by atoms with van der Waals surface area (Å²) in [5, 5.41) is 13.8. The van der Waals surface area contributed by atoms with E-state index >= 15 is 0 Å². The van der Waals surface area contributed by atoms with E-state index in [0.717, 1.165) is 22.6 Å². The van der Waals surface area contributed by atoms with Crippen molar-refractivity contribution in [1.82, 2.24) is 9.78 Å². The summed E-state index contributed by atoms with van der Waals surface area (Å²) in [5.74, 6) is 5.03. The van der Waals surface area contributed by atoms with Crippen molar-refractivity contribution in [1.29, 1.82) is 0 Å². The summed E-state index contributed by atoms with van der Waals surface area (Å²) in [6, 6.07) is 4.85. The van der Waals surface area contributed by atoms with Crippen molar-refractivity contribution in [2.75, 3.05) is 0 Å². The molecule has 1 N–H and O–H groups in total. The molecule has 140 valence electrons. The van der Waals surface area contributed by atoms with Gasteiger partial charge in [-0.05, 0) is 50.6 Å². The van der Waals surface area contributed by atoms with E-state index in [1.165, 1.54) is 0 Å². The molecule has 0 radical (unpaired) electrons. The molecule has 4 nitrogen and oxygen atoms in total. The largest absolute Gasteiger partial charge is 0.478 e. The highest BCUT2D eigenvalue weighted by atomic mass is 16.4. The highest BCUT2D eigenvalue weighted by molar-refractivity contribution is 5.88. The lowest BCUT2D eigenvalue weighted by atomic mass is 10.1. The van der Waals surface area contributed by atoms with Crippen molar-refractivity contribution < 1.29 is 9.90 Å². The molecule has 27 heavy (non-hydrogen) atoms. The molecule has 0 aliphatic heterocycles. The first-order valence-electron chi connectivity index (χ1n) is 8.76. The first kappa shape index (κ1) is 21.7. The number of aromatic nitrogens is 2. The second-order valence-electron chi connectivity index (χ2n) is 5.56. The van der Waals surface area contributed by atoms with E-state index in [9.17, 15) is 9.90 Å². The normalized spacial score (nSPS) is 10.2. The van der Waals surface area contributed by atoms with Crippen LogP contribution in [0.2, 0.25) is 0 Å². The summed E-state index contributed by atoms with van der Waals surface area (Å²) < 4.78 is 1.80. The number of aryl methyl sites for hydroxylation is 1. The summed E-state index contributed by atoms with van der Waals surface area (Å²) in [7, 11) is 0. The van der Waals surface area contributed by atoms with Crippen LogP contribution in [0.4, 0.5) is 0 Å². The van der Waals surface area contributed by atoms with Crippen molar-refractivity contribution in [3.8, 4) is 17.5 Å². The fourth-order valence-corrected chi connectivity index (χ4v) is 2.34. The summed E-state index contributed by atoms with van der Waals surface area (Å²) in [6.45, 7) is 17.3. The van der Waals surface area contributed by atoms with Gasteiger partial charge in [-0.3, -0.25) is 0 Å². The molecule has 0 unspecified atom stereocenters. The second kappa shape index (κ2) is 9.98. The highest BCUT2D eigenvalue weighted by Gasteiger charge is 2.14. The maximum Gasteiger partial charge on any atom is 0.335 e. The fraction of sp³-hybridized carbons (Fsp3) is 0.217. The van der Waals surface area contributed by atoms with Gasteiger partial charge in [0.2, 0.25) is 0 Å². The number of hydrogen-bond acceptors (Lipinski definition) is 2. The van der Waals surface area contributed by atoms with Crippen LogP contribution in [-0.4, -0.2) is 20.9 Å². The molecular weight excluding hydrogens is 336 g/mol. The molecule has 0 aliphatic carbocycles. The molecule has 1 aromatic carbocycles. The van der Waals surface area contributed by atoms with Crippen LogP contribution in [0.15, 0.2) is 55.2 Å². The average molecular weight is 362 g/mol. The zero-order chi connectivity index (χ0) is 20.6. The molecule has 0 aliphatic rings. The topological polar surface area (TPSA) is 55.1 Å². The summed E-state index contributed by atoms with van der Waals surface area (Å²) in [6.07, 6.45) is 5.00. The minimum absolute atomic E-state index is 0.180. The van der Waals surface area contributed by atoms with Gasteiger partial charge in [0.15, 0.2) is 0 Å². The SMILES string of the molecule is C=C/C=C(/C#Cc1cc(C(=O)O)ccc1-n1nc(C)c(C)c1C)C=C.CC. The summed E-state index contributed by atoms with van der Waals surface area (Å²) in [5.41, 5.74) is 5.23. The Bertz CT molecular complexity index is 951. The van der Waals surface area contributed by atoms with Gasteiger partial charge in [0, 0.05) is 11.3 Å². The van der Waals surface area contributed by atoms with Gasteiger partial charge in [-0.1, -0.05) is 51.0 Å². The Balaban J connectivity index is 0.00000176. The van der Waals surface area contributed by atoms with E-state index in [1.807, 2.05) is 34.6 Å². The number of aromatic carboxylic acids is 1. The Morgan fingerprint density at radius 1 is 1.22 bits per heavy atom. The number of benzene rings is 1. The van der Waals surface area contributed by atoms with Crippen LogP contribution in [0.25, 0.3) is 5.69 Å². The van der Waals surface area contributed by atoms with Crippen LogP contribution in [0.5, 0.6) is 0 Å². The third-order valence-corrected chi connectivity index (χ3v) is 3.98. The molecule has 0 saturated carbocycles. The van der Waals surface area contributed by atoms with Gasteiger partial charge in [-0.25, -0.2) is 9.48 Å². The van der Waals surface area contributed by atoms with Gasteiger partial charge in [-0.15, -0.1) is 0 Å². The minimum atomic E-state index is -0.996. The maximum atomic E-state index is 11.3.